The van der Waals surface area contributed by atoms with E-state index in [1.807, 2.05) is 54.4 Å². The van der Waals surface area contributed by atoms with E-state index in [4.69, 9.17) is 0 Å². The van der Waals surface area contributed by atoms with E-state index >= 15 is 0 Å². The van der Waals surface area contributed by atoms with Crippen molar-refractivity contribution in [2.75, 3.05) is 20.1 Å². The van der Waals surface area contributed by atoms with Crippen LogP contribution in [0.4, 0.5) is 0 Å². The van der Waals surface area contributed by atoms with E-state index in [0.717, 1.165) is 44.3 Å². The number of benzene rings is 2. The first kappa shape index (κ1) is 18.1. The summed E-state index contributed by atoms with van der Waals surface area (Å²) in [5.74, 6) is 0.971. The number of amides is 1. The van der Waals surface area contributed by atoms with Gasteiger partial charge in [-0.05, 0) is 74.5 Å². The molecule has 1 aliphatic carbocycles. The van der Waals surface area contributed by atoms with E-state index in [1.165, 1.54) is 5.56 Å². The third-order valence-corrected chi connectivity index (χ3v) is 6.68. The molecule has 2 aromatic rings. The largest absolute Gasteiger partial charge is 0.508 e. The summed E-state index contributed by atoms with van der Waals surface area (Å²) in [7, 11) is 1.94. The van der Waals surface area contributed by atoms with Gasteiger partial charge in [0.15, 0.2) is 0 Å². The van der Waals surface area contributed by atoms with Crippen LogP contribution in [0, 0.1) is 5.92 Å². The Bertz CT molecular complexity index is 807. The Kier molecular flexibility index (Phi) is 4.92. The standard InChI is InChI=1S/C23H28N2O2/c1-25(22(27)17-6-3-2-4-7-17)20-11-10-19-16-24-13-12-23(19,15-20)18-8-5-9-21(26)14-18/h2-9,14,19-20,24,26H,10-13,15-16H2,1H3/t19?,20-,23?/m1/s1. The minimum Gasteiger partial charge on any atom is -0.508 e. The molecule has 4 heteroatoms. The molecule has 142 valence electrons. The van der Waals surface area contributed by atoms with E-state index in [9.17, 15) is 9.90 Å². The van der Waals surface area contributed by atoms with Crippen molar-refractivity contribution in [2.24, 2.45) is 5.92 Å². The number of hydrogen-bond donors (Lipinski definition) is 2. The lowest BCUT2D eigenvalue weighted by Gasteiger charge is -2.52. The molecule has 27 heavy (non-hydrogen) atoms. The quantitative estimate of drug-likeness (QED) is 0.875. The van der Waals surface area contributed by atoms with Gasteiger partial charge in [0.25, 0.3) is 5.91 Å². The van der Waals surface area contributed by atoms with Gasteiger partial charge in [0.05, 0.1) is 0 Å². The van der Waals surface area contributed by atoms with Crippen molar-refractivity contribution in [3.8, 4) is 5.75 Å². The van der Waals surface area contributed by atoms with Crippen LogP contribution in [0.1, 0.15) is 41.6 Å². The topological polar surface area (TPSA) is 52.6 Å². The molecule has 1 aliphatic heterocycles. The van der Waals surface area contributed by atoms with Gasteiger partial charge in [-0.15, -0.1) is 0 Å². The fourth-order valence-corrected chi connectivity index (χ4v) is 5.14. The molecular weight excluding hydrogens is 336 g/mol. The maximum Gasteiger partial charge on any atom is 0.253 e. The third-order valence-electron chi connectivity index (χ3n) is 6.68. The summed E-state index contributed by atoms with van der Waals surface area (Å²) in [6.07, 6.45) is 4.13. The first-order valence-corrected chi connectivity index (χ1v) is 9.92. The first-order chi connectivity index (χ1) is 13.1. The molecular formula is C23H28N2O2. The Morgan fingerprint density at radius 3 is 2.74 bits per heavy atom. The molecule has 1 amide bonds. The molecule has 0 radical (unpaired) electrons. The molecule has 0 aromatic heterocycles. The molecule has 2 unspecified atom stereocenters. The van der Waals surface area contributed by atoms with Gasteiger partial charge in [0.1, 0.15) is 5.75 Å². The Labute approximate surface area is 161 Å². The summed E-state index contributed by atoms with van der Waals surface area (Å²) < 4.78 is 0. The summed E-state index contributed by atoms with van der Waals surface area (Å²) in [6, 6.07) is 17.5. The Morgan fingerprint density at radius 2 is 1.96 bits per heavy atom. The van der Waals surface area contributed by atoms with Crippen molar-refractivity contribution in [1.29, 1.82) is 0 Å². The summed E-state index contributed by atoms with van der Waals surface area (Å²) in [5.41, 5.74) is 2.00. The van der Waals surface area contributed by atoms with E-state index in [-0.39, 0.29) is 17.4 Å². The zero-order valence-corrected chi connectivity index (χ0v) is 15.9. The molecule has 1 saturated heterocycles. The van der Waals surface area contributed by atoms with Crippen LogP contribution in [-0.2, 0) is 5.41 Å². The average molecular weight is 364 g/mol. The highest BCUT2D eigenvalue weighted by molar-refractivity contribution is 5.94. The predicted octanol–water partition coefficient (Wildman–Crippen LogP) is 3.56. The number of piperidine rings is 1. The lowest BCUT2D eigenvalue weighted by Crippen LogP contribution is -2.55. The zero-order chi connectivity index (χ0) is 18.9. The Balaban J connectivity index is 1.63. The van der Waals surface area contributed by atoms with Gasteiger partial charge in [-0.3, -0.25) is 4.79 Å². The number of phenolic OH excluding ortho intramolecular Hbond substituents is 1. The molecule has 1 heterocycles. The highest BCUT2D eigenvalue weighted by Crippen LogP contribution is 2.49. The number of phenols is 1. The smallest absolute Gasteiger partial charge is 0.253 e. The average Bonchev–Trinajstić information content (AvgIpc) is 2.73. The van der Waals surface area contributed by atoms with Gasteiger partial charge >= 0.3 is 0 Å². The van der Waals surface area contributed by atoms with Crippen molar-refractivity contribution in [1.82, 2.24) is 10.2 Å². The zero-order valence-electron chi connectivity index (χ0n) is 15.9. The molecule has 0 bridgehead atoms. The van der Waals surface area contributed by atoms with Gasteiger partial charge in [0.2, 0.25) is 0 Å². The first-order valence-electron chi connectivity index (χ1n) is 9.92. The second-order valence-electron chi connectivity index (χ2n) is 8.07. The monoisotopic (exact) mass is 364 g/mol. The van der Waals surface area contributed by atoms with Gasteiger partial charge in [0, 0.05) is 24.1 Å². The number of fused-ring (bicyclic) bond motifs is 1. The van der Waals surface area contributed by atoms with Crippen LogP contribution >= 0.6 is 0 Å². The van der Waals surface area contributed by atoms with Gasteiger partial charge in [-0.2, -0.15) is 0 Å². The van der Waals surface area contributed by atoms with Crippen LogP contribution in [0.5, 0.6) is 5.75 Å². The molecule has 2 aliphatic rings. The van der Waals surface area contributed by atoms with Crippen molar-refractivity contribution >= 4 is 5.91 Å². The number of nitrogens with one attached hydrogen (secondary N) is 1. The van der Waals surface area contributed by atoms with E-state index in [1.54, 1.807) is 6.07 Å². The predicted molar refractivity (Wildman–Crippen MR) is 107 cm³/mol. The summed E-state index contributed by atoms with van der Waals surface area (Å²) in [6.45, 7) is 1.99. The second kappa shape index (κ2) is 7.35. The fourth-order valence-electron chi connectivity index (χ4n) is 5.14. The van der Waals surface area contributed by atoms with Crippen molar-refractivity contribution in [2.45, 2.75) is 37.1 Å². The third kappa shape index (κ3) is 3.34. The van der Waals surface area contributed by atoms with E-state index in [2.05, 4.69) is 11.4 Å². The molecule has 0 spiro atoms. The highest BCUT2D eigenvalue weighted by atomic mass is 16.3. The van der Waals surface area contributed by atoms with E-state index < -0.39 is 0 Å². The van der Waals surface area contributed by atoms with Crippen molar-refractivity contribution in [3.05, 3.63) is 65.7 Å². The summed E-state index contributed by atoms with van der Waals surface area (Å²) in [4.78, 5) is 14.9. The maximum absolute atomic E-state index is 13.0. The second-order valence-corrected chi connectivity index (χ2v) is 8.07. The number of carbonyl (C=O) groups excluding carboxylic acids is 1. The molecule has 2 N–H and O–H groups in total. The molecule has 3 atom stereocenters. The lowest BCUT2D eigenvalue weighted by atomic mass is 9.58. The van der Waals surface area contributed by atoms with E-state index in [0.29, 0.717) is 11.7 Å². The maximum atomic E-state index is 13.0. The number of carbonyl (C=O) groups is 1. The molecule has 1 saturated carbocycles. The van der Waals surface area contributed by atoms with Crippen molar-refractivity contribution in [3.63, 3.8) is 0 Å². The molecule has 4 rings (SSSR count). The van der Waals surface area contributed by atoms with Gasteiger partial charge in [-0.25, -0.2) is 0 Å². The highest BCUT2D eigenvalue weighted by Gasteiger charge is 2.47. The van der Waals surface area contributed by atoms with Crippen LogP contribution in [0.15, 0.2) is 54.6 Å². The SMILES string of the molecule is CN(C(=O)c1ccccc1)[C@@H]1CCC2CNCCC2(c2cccc(O)c2)C1. The summed E-state index contributed by atoms with van der Waals surface area (Å²) in [5, 5.41) is 13.6. The van der Waals surface area contributed by atoms with Crippen LogP contribution < -0.4 is 5.32 Å². The fraction of sp³-hybridized carbons (Fsp3) is 0.435. The minimum atomic E-state index is 0.0259. The number of nitrogens with zero attached hydrogens (tertiary/aromatic N) is 1. The Hall–Kier alpha value is -2.33. The normalized spacial score (nSPS) is 27.6. The van der Waals surface area contributed by atoms with Crippen LogP contribution in [-0.4, -0.2) is 42.1 Å². The van der Waals surface area contributed by atoms with Gasteiger partial charge in [-0.1, -0.05) is 30.3 Å². The van der Waals surface area contributed by atoms with Crippen LogP contribution in [0.25, 0.3) is 0 Å². The Morgan fingerprint density at radius 1 is 1.15 bits per heavy atom. The molecule has 2 fully saturated rings. The number of rotatable bonds is 3. The van der Waals surface area contributed by atoms with Gasteiger partial charge < -0.3 is 15.3 Å². The number of aromatic hydroxyl groups is 1. The van der Waals surface area contributed by atoms with Crippen LogP contribution in [0.2, 0.25) is 0 Å². The molecule has 4 nitrogen and oxygen atoms in total. The lowest BCUT2D eigenvalue weighted by molar-refractivity contribution is 0.0479. The van der Waals surface area contributed by atoms with Crippen molar-refractivity contribution < 1.29 is 9.90 Å². The summed E-state index contributed by atoms with van der Waals surface area (Å²) >= 11 is 0. The number of hydrogen-bond acceptors (Lipinski definition) is 3. The van der Waals surface area contributed by atoms with Crippen LogP contribution in [0.3, 0.4) is 0 Å². The minimum absolute atomic E-state index is 0.0259. The molecule has 2 aromatic carbocycles.